The summed E-state index contributed by atoms with van der Waals surface area (Å²) in [5, 5.41) is 5.74. The number of urea groups is 1. The number of nitrogens with one attached hydrogen (secondary N) is 3. The summed E-state index contributed by atoms with van der Waals surface area (Å²) < 4.78 is 5.45. The molecule has 3 N–H and O–H groups in total. The molecule has 0 saturated carbocycles. The van der Waals surface area contributed by atoms with E-state index < -0.39 is 24.0 Å². The fourth-order valence-electron chi connectivity index (χ4n) is 3.05. The lowest BCUT2D eigenvalue weighted by Gasteiger charge is -2.17. The van der Waals surface area contributed by atoms with Crippen LogP contribution in [0.5, 0.6) is 0 Å². The highest BCUT2D eigenvalue weighted by Crippen LogP contribution is 2.21. The lowest BCUT2D eigenvalue weighted by molar-refractivity contribution is -0.156. The Bertz CT molecular complexity index is 997. The van der Waals surface area contributed by atoms with E-state index in [0.29, 0.717) is 18.5 Å². The molecule has 7 nitrogen and oxygen atoms in total. The molecule has 7 heteroatoms. The van der Waals surface area contributed by atoms with Gasteiger partial charge in [0.25, 0.3) is 5.91 Å². The number of H-pyrrole nitrogens is 1. The van der Waals surface area contributed by atoms with Crippen molar-refractivity contribution in [3.05, 3.63) is 71.9 Å². The molecule has 150 valence electrons. The van der Waals surface area contributed by atoms with Crippen LogP contribution in [-0.2, 0) is 20.7 Å². The minimum atomic E-state index is -1.20. The van der Waals surface area contributed by atoms with Gasteiger partial charge < -0.3 is 15.0 Å². The van der Waals surface area contributed by atoms with Crippen molar-refractivity contribution >= 4 is 28.8 Å². The van der Waals surface area contributed by atoms with Gasteiger partial charge in [0, 0.05) is 35.6 Å². The largest absolute Gasteiger partial charge is 0.447 e. The van der Waals surface area contributed by atoms with Gasteiger partial charge >= 0.3 is 12.0 Å². The number of esters is 1. The number of imide groups is 1. The van der Waals surface area contributed by atoms with E-state index in [4.69, 9.17) is 4.74 Å². The van der Waals surface area contributed by atoms with E-state index in [1.165, 1.54) is 0 Å². The Morgan fingerprint density at radius 2 is 1.76 bits per heavy atom. The van der Waals surface area contributed by atoms with E-state index >= 15 is 0 Å². The topological polar surface area (TPSA) is 100 Å². The zero-order chi connectivity index (χ0) is 20.6. The quantitative estimate of drug-likeness (QED) is 0.537. The van der Waals surface area contributed by atoms with Gasteiger partial charge in [-0.25, -0.2) is 4.79 Å². The zero-order valence-corrected chi connectivity index (χ0v) is 16.1. The first kappa shape index (κ1) is 20.1. The Morgan fingerprint density at radius 1 is 1.03 bits per heavy atom. The van der Waals surface area contributed by atoms with Crippen molar-refractivity contribution in [1.82, 2.24) is 15.6 Å². The van der Waals surface area contributed by atoms with E-state index in [2.05, 4.69) is 15.6 Å². The van der Waals surface area contributed by atoms with Gasteiger partial charge in [-0.1, -0.05) is 48.5 Å². The summed E-state index contributed by atoms with van der Waals surface area (Å²) >= 11 is 0. The molecule has 1 heterocycles. The standard InChI is InChI=1S/C22H23N3O4/c1-2-23-22(28)25-21(27)20(15-8-4-3-5-9-15)29-19(26)13-12-16-14-24-18-11-7-6-10-17(16)18/h3-11,14,20,24H,2,12-13H2,1H3,(H2,23,25,27,28)/t20-/m0/s1. The number of aryl methyl sites for hydroxylation is 1. The normalized spacial score (nSPS) is 11.6. The Kier molecular flexibility index (Phi) is 6.63. The Hall–Kier alpha value is -3.61. The zero-order valence-electron chi connectivity index (χ0n) is 16.1. The highest BCUT2D eigenvalue weighted by Gasteiger charge is 2.26. The van der Waals surface area contributed by atoms with Crippen LogP contribution < -0.4 is 10.6 Å². The SMILES string of the molecule is CCNC(=O)NC(=O)[C@@H](OC(=O)CCc1c[nH]c2ccccc12)c1ccccc1. The van der Waals surface area contributed by atoms with Gasteiger partial charge in [-0.15, -0.1) is 0 Å². The van der Waals surface area contributed by atoms with E-state index in [1.807, 2.05) is 30.5 Å². The maximum atomic E-state index is 12.5. The van der Waals surface area contributed by atoms with Crippen molar-refractivity contribution in [1.29, 1.82) is 0 Å². The molecule has 0 aliphatic heterocycles. The fraction of sp³-hybridized carbons (Fsp3) is 0.227. The minimum Gasteiger partial charge on any atom is -0.447 e. The molecule has 0 saturated heterocycles. The number of ether oxygens (including phenoxy) is 1. The van der Waals surface area contributed by atoms with Gasteiger partial charge in [0.2, 0.25) is 6.10 Å². The molecule has 0 spiro atoms. The molecule has 0 radical (unpaired) electrons. The Balaban J connectivity index is 1.67. The Labute approximate surface area is 168 Å². The van der Waals surface area contributed by atoms with Crippen LogP contribution in [0.15, 0.2) is 60.8 Å². The van der Waals surface area contributed by atoms with E-state index in [-0.39, 0.29) is 6.42 Å². The predicted molar refractivity (Wildman–Crippen MR) is 109 cm³/mol. The second-order valence-electron chi connectivity index (χ2n) is 6.49. The van der Waals surface area contributed by atoms with Crippen molar-refractivity contribution in [3.8, 4) is 0 Å². The molecule has 3 rings (SSSR count). The average molecular weight is 393 g/mol. The molecule has 0 bridgehead atoms. The van der Waals surface area contributed by atoms with Gasteiger partial charge in [-0.2, -0.15) is 0 Å². The van der Waals surface area contributed by atoms with Crippen LogP contribution in [0.1, 0.15) is 30.6 Å². The van der Waals surface area contributed by atoms with Gasteiger partial charge in [-0.3, -0.25) is 14.9 Å². The van der Waals surface area contributed by atoms with E-state index in [1.54, 1.807) is 37.3 Å². The van der Waals surface area contributed by atoms with Crippen LogP contribution in [-0.4, -0.2) is 29.4 Å². The number of aromatic nitrogens is 1. The molecular formula is C22H23N3O4. The molecule has 3 amide bonds. The monoisotopic (exact) mass is 393 g/mol. The first-order chi connectivity index (χ1) is 14.1. The molecule has 1 atom stereocenters. The fourth-order valence-corrected chi connectivity index (χ4v) is 3.05. The van der Waals surface area contributed by atoms with Crippen LogP contribution in [0.3, 0.4) is 0 Å². The van der Waals surface area contributed by atoms with E-state index in [0.717, 1.165) is 16.5 Å². The molecule has 2 aromatic carbocycles. The number of carbonyl (C=O) groups excluding carboxylic acids is 3. The van der Waals surface area contributed by atoms with Gasteiger partial charge in [0.15, 0.2) is 0 Å². The number of para-hydroxylation sites is 1. The molecule has 0 aliphatic rings. The smallest absolute Gasteiger partial charge is 0.321 e. The maximum Gasteiger partial charge on any atom is 0.321 e. The molecule has 0 aliphatic carbocycles. The maximum absolute atomic E-state index is 12.5. The van der Waals surface area contributed by atoms with Crippen LogP contribution in [0.25, 0.3) is 10.9 Å². The second-order valence-corrected chi connectivity index (χ2v) is 6.49. The molecule has 3 aromatic rings. The van der Waals surface area contributed by atoms with Crippen LogP contribution >= 0.6 is 0 Å². The summed E-state index contributed by atoms with van der Waals surface area (Å²) in [6.07, 6.45) is 1.25. The summed E-state index contributed by atoms with van der Waals surface area (Å²) in [5.41, 5.74) is 2.50. The number of hydrogen-bond donors (Lipinski definition) is 3. The van der Waals surface area contributed by atoms with Crippen molar-refractivity contribution < 1.29 is 19.1 Å². The summed E-state index contributed by atoms with van der Waals surface area (Å²) in [5.74, 6) is -1.21. The number of benzene rings is 2. The average Bonchev–Trinajstić information content (AvgIpc) is 3.14. The third kappa shape index (κ3) is 5.22. The minimum absolute atomic E-state index is 0.111. The number of aromatic amines is 1. The highest BCUT2D eigenvalue weighted by molar-refractivity contribution is 5.97. The first-order valence-corrected chi connectivity index (χ1v) is 9.46. The molecule has 0 unspecified atom stereocenters. The highest BCUT2D eigenvalue weighted by atomic mass is 16.5. The van der Waals surface area contributed by atoms with E-state index in [9.17, 15) is 14.4 Å². The number of fused-ring (bicyclic) bond motifs is 1. The number of rotatable bonds is 7. The number of amides is 3. The van der Waals surface area contributed by atoms with Crippen LogP contribution in [0.2, 0.25) is 0 Å². The lowest BCUT2D eigenvalue weighted by atomic mass is 10.1. The van der Waals surface area contributed by atoms with Gasteiger partial charge in [0.1, 0.15) is 0 Å². The summed E-state index contributed by atoms with van der Waals surface area (Å²) in [6, 6.07) is 15.8. The molecule has 0 fully saturated rings. The van der Waals surface area contributed by atoms with Crippen molar-refractivity contribution in [2.75, 3.05) is 6.54 Å². The lowest BCUT2D eigenvalue weighted by Crippen LogP contribution is -2.42. The Morgan fingerprint density at radius 3 is 2.52 bits per heavy atom. The van der Waals surface area contributed by atoms with Crippen molar-refractivity contribution in [2.45, 2.75) is 25.9 Å². The van der Waals surface area contributed by atoms with Gasteiger partial charge in [-0.05, 0) is 25.0 Å². The first-order valence-electron chi connectivity index (χ1n) is 9.46. The molecule has 1 aromatic heterocycles. The molecular weight excluding hydrogens is 370 g/mol. The third-order valence-electron chi connectivity index (χ3n) is 4.44. The van der Waals surface area contributed by atoms with Gasteiger partial charge in [0.05, 0.1) is 0 Å². The van der Waals surface area contributed by atoms with Crippen molar-refractivity contribution in [2.24, 2.45) is 0 Å². The summed E-state index contributed by atoms with van der Waals surface area (Å²) in [4.78, 5) is 39.8. The number of carbonyl (C=O) groups is 3. The van der Waals surface area contributed by atoms with Crippen molar-refractivity contribution in [3.63, 3.8) is 0 Å². The summed E-state index contributed by atoms with van der Waals surface area (Å²) in [6.45, 7) is 2.11. The second kappa shape index (κ2) is 9.54. The summed E-state index contributed by atoms with van der Waals surface area (Å²) in [7, 11) is 0. The molecule has 29 heavy (non-hydrogen) atoms. The van der Waals surface area contributed by atoms with Crippen LogP contribution in [0, 0.1) is 0 Å². The third-order valence-corrected chi connectivity index (χ3v) is 4.44. The predicted octanol–water partition coefficient (Wildman–Crippen LogP) is 3.23. The van der Waals surface area contributed by atoms with Crippen LogP contribution in [0.4, 0.5) is 4.79 Å². The number of hydrogen-bond acceptors (Lipinski definition) is 4.